The molecule has 1 saturated heterocycles. The Labute approximate surface area is 94.9 Å². The predicted molar refractivity (Wildman–Crippen MR) is 62.2 cm³/mol. The van der Waals surface area contributed by atoms with Crippen molar-refractivity contribution in [2.24, 2.45) is 5.92 Å². The number of thiazole rings is 1. The minimum atomic E-state index is 0.708. The maximum Gasteiger partial charge on any atom is 0.0900 e. The van der Waals surface area contributed by atoms with E-state index in [0.29, 0.717) is 5.92 Å². The number of nitrogens with zero attached hydrogens (tertiary/aromatic N) is 1. The molecular weight excluding hydrogens is 208 g/mol. The molecule has 15 heavy (non-hydrogen) atoms. The van der Waals surface area contributed by atoms with Crippen LogP contribution in [0.4, 0.5) is 0 Å². The first-order valence-electron chi connectivity index (χ1n) is 5.47. The summed E-state index contributed by atoms with van der Waals surface area (Å²) in [4.78, 5) is 5.66. The van der Waals surface area contributed by atoms with Crippen molar-refractivity contribution in [1.82, 2.24) is 10.3 Å². The summed E-state index contributed by atoms with van der Waals surface area (Å²) in [5.41, 5.74) is 1.13. The van der Waals surface area contributed by atoms with Gasteiger partial charge in [-0.25, -0.2) is 4.98 Å². The molecule has 1 aliphatic rings. The van der Waals surface area contributed by atoms with Crippen LogP contribution in [-0.4, -0.2) is 24.7 Å². The largest absolute Gasteiger partial charge is 0.376 e. The van der Waals surface area contributed by atoms with E-state index < -0.39 is 0 Å². The highest BCUT2D eigenvalue weighted by molar-refractivity contribution is 7.11. The summed E-state index contributed by atoms with van der Waals surface area (Å²) in [6.07, 6.45) is 1.25. The van der Waals surface area contributed by atoms with Crippen LogP contribution in [0, 0.1) is 19.8 Å². The molecule has 1 aliphatic heterocycles. The number of rotatable bonds is 4. The van der Waals surface area contributed by atoms with Crippen molar-refractivity contribution in [3.8, 4) is 0 Å². The van der Waals surface area contributed by atoms with Crippen LogP contribution in [-0.2, 0) is 11.3 Å². The third kappa shape index (κ3) is 3.00. The van der Waals surface area contributed by atoms with Gasteiger partial charge in [-0.15, -0.1) is 11.3 Å². The molecule has 0 bridgehead atoms. The lowest BCUT2D eigenvalue weighted by atomic mass is 10.1. The molecule has 1 unspecified atom stereocenters. The highest BCUT2D eigenvalue weighted by Gasteiger charge is 2.14. The highest BCUT2D eigenvalue weighted by Crippen LogP contribution is 2.18. The van der Waals surface area contributed by atoms with Crippen LogP contribution in [0.25, 0.3) is 0 Å². The first-order valence-corrected chi connectivity index (χ1v) is 6.28. The van der Waals surface area contributed by atoms with Crippen molar-refractivity contribution in [2.45, 2.75) is 26.9 Å². The second kappa shape index (κ2) is 5.05. The molecule has 0 saturated carbocycles. The van der Waals surface area contributed by atoms with Crippen molar-refractivity contribution >= 4 is 11.3 Å². The van der Waals surface area contributed by atoms with Crippen LogP contribution in [0.15, 0.2) is 0 Å². The van der Waals surface area contributed by atoms with Gasteiger partial charge in [-0.3, -0.25) is 0 Å². The average Bonchev–Trinajstić information content (AvgIpc) is 2.77. The number of hydrogen-bond acceptors (Lipinski definition) is 4. The Morgan fingerprint density at radius 1 is 1.53 bits per heavy atom. The summed E-state index contributed by atoms with van der Waals surface area (Å²) in [7, 11) is 0. The van der Waals surface area contributed by atoms with Gasteiger partial charge in [0.25, 0.3) is 0 Å². The molecule has 2 rings (SSSR count). The number of aryl methyl sites for hydroxylation is 2. The Balaban J connectivity index is 1.75. The van der Waals surface area contributed by atoms with E-state index >= 15 is 0 Å². The van der Waals surface area contributed by atoms with Crippen molar-refractivity contribution in [3.63, 3.8) is 0 Å². The van der Waals surface area contributed by atoms with Gasteiger partial charge < -0.3 is 10.1 Å². The number of nitrogens with one attached hydrogen (secondary N) is 1. The molecule has 0 amide bonds. The van der Waals surface area contributed by atoms with Gasteiger partial charge in [0.1, 0.15) is 0 Å². The number of ether oxygens (including phenoxy) is 1. The molecule has 0 spiro atoms. The fraction of sp³-hybridized carbons (Fsp3) is 0.727. The Kier molecular flexibility index (Phi) is 3.72. The molecule has 1 N–H and O–H groups in total. The van der Waals surface area contributed by atoms with E-state index in [1.54, 1.807) is 11.3 Å². The van der Waals surface area contributed by atoms with Crippen LogP contribution >= 0.6 is 11.3 Å². The van der Waals surface area contributed by atoms with Crippen LogP contribution in [0.5, 0.6) is 0 Å². The lowest BCUT2D eigenvalue weighted by Gasteiger charge is -2.08. The van der Waals surface area contributed by atoms with Crippen LogP contribution in [0.2, 0.25) is 0 Å². The van der Waals surface area contributed by atoms with Gasteiger partial charge in [0.2, 0.25) is 0 Å². The average molecular weight is 226 g/mol. The smallest absolute Gasteiger partial charge is 0.0900 e. The molecule has 1 aromatic rings. The first-order chi connectivity index (χ1) is 7.25. The fourth-order valence-corrected chi connectivity index (χ4v) is 2.76. The highest BCUT2D eigenvalue weighted by atomic mass is 32.1. The Morgan fingerprint density at radius 3 is 3.00 bits per heavy atom. The number of aromatic nitrogens is 1. The minimum Gasteiger partial charge on any atom is -0.376 e. The molecule has 3 nitrogen and oxygen atoms in total. The molecule has 0 aliphatic carbocycles. The lowest BCUT2D eigenvalue weighted by molar-refractivity contribution is 0.0938. The summed E-state index contributed by atoms with van der Waals surface area (Å²) < 4.78 is 5.73. The molecule has 1 aromatic heterocycles. The van der Waals surface area contributed by atoms with Gasteiger partial charge >= 0.3 is 0 Å². The van der Waals surface area contributed by atoms with E-state index in [2.05, 4.69) is 17.2 Å². The standard InChI is InChI=1S/C11H18N2OS/c1-8-11(15-9(2)13-8)7-14-6-10-3-4-12-5-10/h10,12H,3-7H2,1-2H3. The van der Waals surface area contributed by atoms with Gasteiger partial charge in [0.05, 0.1) is 28.8 Å². The summed E-state index contributed by atoms with van der Waals surface area (Å²) >= 11 is 1.75. The van der Waals surface area contributed by atoms with Gasteiger partial charge in [-0.2, -0.15) is 0 Å². The van der Waals surface area contributed by atoms with Gasteiger partial charge in [-0.1, -0.05) is 0 Å². The van der Waals surface area contributed by atoms with E-state index in [0.717, 1.165) is 37.0 Å². The molecule has 0 radical (unpaired) electrons. The van der Waals surface area contributed by atoms with E-state index in [9.17, 15) is 0 Å². The zero-order valence-electron chi connectivity index (χ0n) is 9.38. The first kappa shape index (κ1) is 11.0. The third-order valence-electron chi connectivity index (χ3n) is 2.75. The van der Waals surface area contributed by atoms with Gasteiger partial charge in [0, 0.05) is 6.54 Å². The zero-order chi connectivity index (χ0) is 10.7. The fourth-order valence-electron chi connectivity index (χ4n) is 1.88. The summed E-state index contributed by atoms with van der Waals surface area (Å²) in [6, 6.07) is 0. The van der Waals surface area contributed by atoms with Crippen LogP contribution in [0.1, 0.15) is 22.0 Å². The summed E-state index contributed by atoms with van der Waals surface area (Å²) in [5.74, 6) is 0.708. The Morgan fingerprint density at radius 2 is 2.40 bits per heavy atom. The molecule has 1 fully saturated rings. The molecular formula is C11H18N2OS. The third-order valence-corrected chi connectivity index (χ3v) is 3.80. The normalized spacial score (nSPS) is 21.1. The van der Waals surface area contributed by atoms with E-state index in [1.165, 1.54) is 11.3 Å². The quantitative estimate of drug-likeness (QED) is 0.851. The maximum atomic E-state index is 5.73. The van der Waals surface area contributed by atoms with Crippen LogP contribution < -0.4 is 5.32 Å². The zero-order valence-corrected chi connectivity index (χ0v) is 10.2. The van der Waals surface area contributed by atoms with Crippen molar-refractivity contribution in [3.05, 3.63) is 15.6 Å². The van der Waals surface area contributed by atoms with E-state index in [4.69, 9.17) is 4.74 Å². The number of hydrogen-bond donors (Lipinski definition) is 1. The monoisotopic (exact) mass is 226 g/mol. The van der Waals surface area contributed by atoms with Gasteiger partial charge in [-0.05, 0) is 32.7 Å². The molecule has 0 aromatic carbocycles. The van der Waals surface area contributed by atoms with Crippen molar-refractivity contribution in [1.29, 1.82) is 0 Å². The minimum absolute atomic E-state index is 0.708. The SMILES string of the molecule is Cc1nc(C)c(COCC2CCNC2)s1. The van der Waals surface area contributed by atoms with Gasteiger partial charge in [0.15, 0.2) is 0 Å². The van der Waals surface area contributed by atoms with Crippen LogP contribution in [0.3, 0.4) is 0 Å². The molecule has 4 heteroatoms. The lowest BCUT2D eigenvalue weighted by Crippen LogP contribution is -2.13. The van der Waals surface area contributed by atoms with Crippen molar-refractivity contribution < 1.29 is 4.74 Å². The second-order valence-electron chi connectivity index (χ2n) is 4.12. The predicted octanol–water partition coefficient (Wildman–Crippen LogP) is 1.89. The summed E-state index contributed by atoms with van der Waals surface area (Å²) in [5, 5.41) is 4.48. The molecule has 84 valence electrons. The van der Waals surface area contributed by atoms with E-state index in [-0.39, 0.29) is 0 Å². The molecule has 2 heterocycles. The van der Waals surface area contributed by atoms with E-state index in [1.807, 2.05) is 6.92 Å². The maximum absolute atomic E-state index is 5.73. The van der Waals surface area contributed by atoms with Crippen molar-refractivity contribution in [2.75, 3.05) is 19.7 Å². The second-order valence-corrected chi connectivity index (χ2v) is 5.40. The summed E-state index contributed by atoms with van der Waals surface area (Å²) in [6.45, 7) is 7.96. The Bertz CT molecular complexity index is 318. The Hall–Kier alpha value is -0.450. The molecule has 1 atom stereocenters. The topological polar surface area (TPSA) is 34.1 Å².